The molecule has 2 rings (SSSR count). The van der Waals surface area contributed by atoms with Gasteiger partial charge in [-0.1, -0.05) is 29.8 Å². The number of carbonyl (C=O) groups is 1. The molecule has 0 fully saturated rings. The Balaban J connectivity index is 2.19. The molecule has 26 heavy (non-hydrogen) atoms. The lowest BCUT2D eigenvalue weighted by molar-refractivity contribution is -0.160. The van der Waals surface area contributed by atoms with Gasteiger partial charge in [0.05, 0.1) is 29.3 Å². The van der Waals surface area contributed by atoms with E-state index < -0.39 is 11.6 Å². The van der Waals surface area contributed by atoms with Crippen LogP contribution in [0.2, 0.25) is 5.02 Å². The number of nitrogens with zero attached hydrogens (tertiary/aromatic N) is 2. The monoisotopic (exact) mass is 393 g/mol. The minimum atomic E-state index is -1.32. The van der Waals surface area contributed by atoms with Crippen molar-refractivity contribution in [3.63, 3.8) is 0 Å². The number of carboxylic acid groups (broad SMARTS) is 1. The zero-order valence-electron chi connectivity index (χ0n) is 14.5. The molecule has 0 atom stereocenters. The van der Waals surface area contributed by atoms with Crippen LogP contribution in [0.5, 0.6) is 0 Å². The zero-order chi connectivity index (χ0) is 19.2. The summed E-state index contributed by atoms with van der Waals surface area (Å²) in [5, 5.41) is 9.74. The highest BCUT2D eigenvalue weighted by atomic mass is 35.5. The predicted octanol–water partition coefficient (Wildman–Crippen LogP) is 3.51. The molecule has 0 amide bonds. The fourth-order valence-electron chi connectivity index (χ4n) is 1.88. The van der Waals surface area contributed by atoms with Gasteiger partial charge in [0.25, 0.3) is 0 Å². The van der Waals surface area contributed by atoms with Crippen molar-refractivity contribution in [2.24, 2.45) is 10.7 Å². The van der Waals surface area contributed by atoms with Gasteiger partial charge in [0, 0.05) is 16.9 Å². The van der Waals surface area contributed by atoms with Crippen LogP contribution in [0.25, 0.3) is 0 Å². The van der Waals surface area contributed by atoms with Crippen LogP contribution in [0.15, 0.2) is 52.7 Å². The Hall–Kier alpha value is -2.22. The number of rotatable bonds is 8. The first-order valence-electron chi connectivity index (χ1n) is 7.79. The Bertz CT molecular complexity index is 817. The number of halogens is 1. The Morgan fingerprint density at radius 2 is 2.19 bits per heavy atom. The molecule has 138 valence electrons. The summed E-state index contributed by atoms with van der Waals surface area (Å²) in [6.45, 7) is 3.30. The first-order chi connectivity index (χ1) is 12.3. The molecular formula is C18H20ClN3O3S. The fraction of sp³-hybridized carbons (Fsp3) is 0.278. The van der Waals surface area contributed by atoms with Crippen molar-refractivity contribution in [2.45, 2.75) is 26.0 Å². The molecule has 0 bridgehead atoms. The third-order valence-electron chi connectivity index (χ3n) is 3.50. The summed E-state index contributed by atoms with van der Waals surface area (Å²) >= 11 is 7.60. The van der Waals surface area contributed by atoms with Crippen molar-refractivity contribution in [1.82, 2.24) is 4.98 Å². The predicted molar refractivity (Wildman–Crippen MR) is 104 cm³/mol. The Morgan fingerprint density at radius 1 is 1.46 bits per heavy atom. The lowest BCUT2D eigenvalue weighted by Crippen LogP contribution is -2.36. The maximum atomic E-state index is 11.1. The second kappa shape index (κ2) is 8.93. The first-order valence-corrected chi connectivity index (χ1v) is 9.05. The molecule has 0 spiro atoms. The van der Waals surface area contributed by atoms with Gasteiger partial charge in [-0.2, -0.15) is 0 Å². The fourth-order valence-corrected chi connectivity index (χ4v) is 2.67. The van der Waals surface area contributed by atoms with Crippen LogP contribution in [0, 0.1) is 0 Å². The molecule has 2 aromatic rings. The number of nitrogens with two attached hydrogens (primary N) is 1. The zero-order valence-corrected chi connectivity index (χ0v) is 16.0. The van der Waals surface area contributed by atoms with Gasteiger partial charge in [0.2, 0.25) is 0 Å². The van der Waals surface area contributed by atoms with E-state index in [0.29, 0.717) is 23.0 Å². The molecule has 0 saturated carbocycles. The third kappa shape index (κ3) is 5.66. The van der Waals surface area contributed by atoms with Crippen LogP contribution < -0.4 is 5.73 Å². The number of hydrogen-bond donors (Lipinski definition) is 2. The van der Waals surface area contributed by atoms with Crippen molar-refractivity contribution in [2.75, 3.05) is 6.61 Å². The van der Waals surface area contributed by atoms with Crippen molar-refractivity contribution >= 4 is 34.6 Å². The number of ether oxygens (including phenoxy) is 1. The van der Waals surface area contributed by atoms with Crippen LogP contribution in [-0.4, -0.2) is 34.0 Å². The van der Waals surface area contributed by atoms with E-state index in [-0.39, 0.29) is 6.61 Å². The molecule has 1 aromatic carbocycles. The third-order valence-corrected chi connectivity index (χ3v) is 4.66. The molecule has 0 aliphatic carbocycles. The van der Waals surface area contributed by atoms with Gasteiger partial charge >= 0.3 is 5.97 Å². The van der Waals surface area contributed by atoms with Gasteiger partial charge in [0.1, 0.15) is 0 Å². The summed E-state index contributed by atoms with van der Waals surface area (Å²) in [6, 6.07) is 7.47. The number of allylic oxidation sites excluding steroid dienone is 1. The van der Waals surface area contributed by atoms with Gasteiger partial charge in [0.15, 0.2) is 5.60 Å². The van der Waals surface area contributed by atoms with Crippen molar-refractivity contribution < 1.29 is 14.6 Å². The molecule has 1 heterocycles. The molecule has 6 nitrogen and oxygen atoms in total. The minimum absolute atomic E-state index is 0.0246. The Labute approximate surface area is 161 Å². The van der Waals surface area contributed by atoms with Crippen LogP contribution in [0.1, 0.15) is 24.3 Å². The van der Waals surface area contributed by atoms with E-state index in [4.69, 9.17) is 27.2 Å². The van der Waals surface area contributed by atoms with Gasteiger partial charge in [-0.15, -0.1) is 11.3 Å². The number of hydrogen-bond acceptors (Lipinski definition) is 6. The first kappa shape index (κ1) is 20.1. The van der Waals surface area contributed by atoms with Gasteiger partial charge in [-0.05, 0) is 31.6 Å². The number of benzene rings is 1. The van der Waals surface area contributed by atoms with Crippen molar-refractivity contribution in [1.29, 1.82) is 0 Å². The second-order valence-electron chi connectivity index (χ2n) is 5.98. The van der Waals surface area contributed by atoms with E-state index in [2.05, 4.69) is 9.98 Å². The number of aliphatic carboxylic acids is 1. The standard InChI is InChI=1S/C18H20ClN3O3S/c1-18(2,17(23)24)25-10-13(20)7-15(16-9-21-11-26-16)22-8-12-5-3-4-6-14(12)19/h3-7,9,11H,8,10,20H2,1-2H3,(H,23,24). The lowest BCUT2D eigenvalue weighted by atomic mass is 10.1. The maximum absolute atomic E-state index is 11.1. The van der Waals surface area contributed by atoms with Gasteiger partial charge in [-0.25, -0.2) is 4.79 Å². The highest BCUT2D eigenvalue weighted by molar-refractivity contribution is 7.12. The van der Waals surface area contributed by atoms with Gasteiger partial charge < -0.3 is 15.6 Å². The topological polar surface area (TPSA) is 97.8 Å². The van der Waals surface area contributed by atoms with E-state index in [1.807, 2.05) is 24.3 Å². The smallest absolute Gasteiger partial charge is 0.335 e. The largest absolute Gasteiger partial charge is 0.479 e. The highest BCUT2D eigenvalue weighted by Crippen LogP contribution is 2.18. The van der Waals surface area contributed by atoms with E-state index in [9.17, 15) is 4.79 Å². The summed E-state index contributed by atoms with van der Waals surface area (Å²) in [7, 11) is 0. The van der Waals surface area contributed by atoms with E-state index >= 15 is 0 Å². The molecule has 0 aliphatic heterocycles. The maximum Gasteiger partial charge on any atom is 0.335 e. The Morgan fingerprint density at radius 3 is 2.81 bits per heavy atom. The normalized spacial score (nSPS) is 13.0. The quantitative estimate of drug-likeness (QED) is 0.669. The van der Waals surface area contributed by atoms with Gasteiger partial charge in [-0.3, -0.25) is 9.98 Å². The summed E-state index contributed by atoms with van der Waals surface area (Å²) < 4.78 is 5.37. The van der Waals surface area contributed by atoms with E-state index in [1.165, 1.54) is 25.2 Å². The SMILES string of the molecule is CC(C)(OCC(N)=CC(=NCc1ccccc1Cl)c1cncs1)C(=O)O. The molecule has 8 heteroatoms. The van der Waals surface area contributed by atoms with E-state index in [0.717, 1.165) is 10.4 Å². The number of aliphatic imine (C=N–C) groups is 1. The molecule has 0 aliphatic rings. The molecule has 3 N–H and O–H groups in total. The Kier molecular flexibility index (Phi) is 6.90. The van der Waals surface area contributed by atoms with Crippen LogP contribution in [-0.2, 0) is 16.1 Å². The average molecular weight is 394 g/mol. The number of carboxylic acids is 1. The van der Waals surface area contributed by atoms with Crippen LogP contribution in [0.3, 0.4) is 0 Å². The number of aromatic nitrogens is 1. The summed E-state index contributed by atoms with van der Waals surface area (Å²) in [5.74, 6) is -1.06. The van der Waals surface area contributed by atoms with Crippen LogP contribution >= 0.6 is 22.9 Å². The summed E-state index contributed by atoms with van der Waals surface area (Å²) in [4.78, 5) is 20.6. The molecule has 1 aromatic heterocycles. The summed E-state index contributed by atoms with van der Waals surface area (Å²) in [6.07, 6.45) is 3.37. The van der Waals surface area contributed by atoms with Crippen LogP contribution in [0.4, 0.5) is 0 Å². The molecule has 0 radical (unpaired) electrons. The summed E-state index contributed by atoms with van der Waals surface area (Å²) in [5.41, 5.74) is 8.29. The average Bonchev–Trinajstić information content (AvgIpc) is 3.12. The highest BCUT2D eigenvalue weighted by Gasteiger charge is 2.27. The number of thiazole rings is 1. The molecule has 0 unspecified atom stereocenters. The molecular weight excluding hydrogens is 374 g/mol. The van der Waals surface area contributed by atoms with Crippen molar-refractivity contribution in [3.8, 4) is 0 Å². The van der Waals surface area contributed by atoms with E-state index in [1.54, 1.807) is 17.8 Å². The minimum Gasteiger partial charge on any atom is -0.479 e. The second-order valence-corrected chi connectivity index (χ2v) is 7.28. The van der Waals surface area contributed by atoms with Crippen molar-refractivity contribution in [3.05, 3.63) is 63.2 Å². The lowest BCUT2D eigenvalue weighted by Gasteiger charge is -2.20. The molecule has 0 saturated heterocycles.